The Bertz CT molecular complexity index is 702. The van der Waals surface area contributed by atoms with E-state index in [0.29, 0.717) is 17.6 Å². The van der Waals surface area contributed by atoms with Gasteiger partial charge in [-0.15, -0.1) is 0 Å². The van der Waals surface area contributed by atoms with Crippen LogP contribution in [0.3, 0.4) is 0 Å². The second-order valence-corrected chi connectivity index (χ2v) is 4.89. The number of hydrogen-bond acceptors (Lipinski definition) is 3. The number of allylic oxidation sites excluding steroid dienone is 4. The van der Waals surface area contributed by atoms with Crippen LogP contribution in [0.5, 0.6) is 0 Å². The summed E-state index contributed by atoms with van der Waals surface area (Å²) in [6.45, 7) is 9.14. The molecule has 0 aromatic heterocycles. The van der Waals surface area contributed by atoms with Crippen LogP contribution in [0.15, 0.2) is 42.5 Å². The third-order valence-electron chi connectivity index (χ3n) is 3.39. The van der Waals surface area contributed by atoms with Gasteiger partial charge >= 0.3 is 0 Å². The van der Waals surface area contributed by atoms with E-state index < -0.39 is 0 Å². The average molecular weight is 265 g/mol. The summed E-state index contributed by atoms with van der Waals surface area (Å²) >= 11 is 0. The Balaban J connectivity index is 2.64. The molecular formula is C17H15NO2. The minimum absolute atomic E-state index is 0.0462. The minimum atomic E-state index is -0.325. The fourth-order valence-corrected chi connectivity index (χ4v) is 2.34. The number of Topliss-reactive ketones (excluding diaryl/α,β-unsaturated/α-hetero) is 1. The van der Waals surface area contributed by atoms with E-state index in [-0.39, 0.29) is 18.0 Å². The topological polar surface area (TPSA) is 61.1 Å². The lowest BCUT2D eigenvalue weighted by atomic mass is 9.96. The predicted octanol–water partition coefficient (Wildman–Crippen LogP) is 3.02. The van der Waals surface area contributed by atoms with Crippen molar-refractivity contribution in [1.29, 1.82) is 5.26 Å². The molecule has 1 N–H and O–H groups in total. The van der Waals surface area contributed by atoms with Crippen LogP contribution >= 0.6 is 0 Å². The predicted molar refractivity (Wildman–Crippen MR) is 78.4 cm³/mol. The Morgan fingerprint density at radius 3 is 2.70 bits per heavy atom. The Morgan fingerprint density at radius 2 is 2.15 bits per heavy atom. The van der Waals surface area contributed by atoms with Gasteiger partial charge in [-0.3, -0.25) is 4.79 Å². The van der Waals surface area contributed by atoms with E-state index in [1.165, 1.54) is 0 Å². The van der Waals surface area contributed by atoms with Crippen LogP contribution in [-0.4, -0.2) is 10.9 Å². The summed E-state index contributed by atoms with van der Waals surface area (Å²) in [4.78, 5) is 12.1. The first-order chi connectivity index (χ1) is 9.49. The summed E-state index contributed by atoms with van der Waals surface area (Å²) < 4.78 is 0. The van der Waals surface area contributed by atoms with Gasteiger partial charge in [0.05, 0.1) is 6.61 Å². The second kappa shape index (κ2) is 5.28. The van der Waals surface area contributed by atoms with Crippen LogP contribution in [0.2, 0.25) is 0 Å². The summed E-state index contributed by atoms with van der Waals surface area (Å²) in [6, 6.07) is 7.47. The van der Waals surface area contributed by atoms with Gasteiger partial charge in [0.2, 0.25) is 0 Å². The van der Waals surface area contributed by atoms with E-state index in [0.717, 1.165) is 22.3 Å². The highest BCUT2D eigenvalue weighted by Crippen LogP contribution is 2.41. The zero-order chi connectivity index (χ0) is 14.9. The normalized spacial score (nSPS) is 15.6. The van der Waals surface area contributed by atoms with E-state index in [1.807, 2.05) is 18.2 Å². The number of rotatable bonds is 3. The third kappa shape index (κ3) is 2.22. The quantitative estimate of drug-likeness (QED) is 0.675. The molecule has 100 valence electrons. The van der Waals surface area contributed by atoms with E-state index in [2.05, 4.69) is 13.2 Å². The molecule has 3 heteroatoms. The molecule has 0 aliphatic heterocycles. The van der Waals surface area contributed by atoms with Crippen molar-refractivity contribution in [3.05, 3.63) is 59.2 Å². The molecule has 0 heterocycles. The molecule has 1 aromatic carbocycles. The minimum Gasteiger partial charge on any atom is -0.392 e. The number of nitrogens with zero attached hydrogens (tertiary/aromatic N) is 1. The molecule has 0 unspecified atom stereocenters. The molecule has 0 amide bonds. The third-order valence-corrected chi connectivity index (χ3v) is 3.39. The number of aliphatic hydroxyl groups is 1. The Kier molecular flexibility index (Phi) is 3.69. The summed E-state index contributed by atoms with van der Waals surface area (Å²) in [5.41, 5.74) is 4.56. The molecule has 0 saturated carbocycles. The van der Waals surface area contributed by atoms with Crippen molar-refractivity contribution in [2.45, 2.75) is 20.0 Å². The largest absolute Gasteiger partial charge is 0.392 e. The van der Waals surface area contributed by atoms with Gasteiger partial charge in [-0.05, 0) is 52.8 Å². The smallest absolute Gasteiger partial charge is 0.198 e. The number of carbonyl (C=O) groups excluding carboxylic acids is 1. The number of fused-ring (bicyclic) bond motifs is 1. The second-order valence-electron chi connectivity index (χ2n) is 4.89. The van der Waals surface area contributed by atoms with Gasteiger partial charge in [0, 0.05) is 0 Å². The highest BCUT2D eigenvalue weighted by atomic mass is 16.3. The number of carbonyl (C=O) groups is 1. The number of hydrogen-bond donors (Lipinski definition) is 1. The summed E-state index contributed by atoms with van der Waals surface area (Å²) in [6.07, 6.45) is 0.478. The average Bonchev–Trinajstić information content (AvgIpc) is 2.76. The molecule has 3 nitrogen and oxygen atoms in total. The lowest BCUT2D eigenvalue weighted by Crippen LogP contribution is -2.04. The highest BCUT2D eigenvalue weighted by Gasteiger charge is 2.26. The summed E-state index contributed by atoms with van der Waals surface area (Å²) in [5.74, 6) is -0.325. The molecule has 0 atom stereocenters. The van der Waals surface area contributed by atoms with E-state index in [1.54, 1.807) is 13.0 Å². The van der Waals surface area contributed by atoms with Crippen LogP contribution in [-0.2, 0) is 11.4 Å². The molecule has 2 rings (SSSR count). The van der Waals surface area contributed by atoms with Crippen molar-refractivity contribution in [3.8, 4) is 6.07 Å². The van der Waals surface area contributed by atoms with E-state index in [9.17, 15) is 15.2 Å². The molecule has 0 bridgehead atoms. The Labute approximate surface area is 118 Å². The van der Waals surface area contributed by atoms with Crippen LogP contribution in [0.1, 0.15) is 30.0 Å². The number of ketones is 1. The molecule has 1 aliphatic rings. The standard InChI is InChI=1S/C17H15NO2/c1-10(2)17(20)16(8-18)15-6-11(3)14-7-12(9-19)4-5-13(14)15/h4-5,7,19H,1,3,6,9H2,2H3/b16-15+. The fraction of sp³-hybridized carbons (Fsp3) is 0.176. The van der Waals surface area contributed by atoms with Crippen LogP contribution in [0.25, 0.3) is 11.1 Å². The SMILES string of the molecule is C=C(C)C(=O)/C(C#N)=C1\CC(=C)c2cc(CO)ccc21. The Hall–Kier alpha value is -2.44. The summed E-state index contributed by atoms with van der Waals surface area (Å²) in [7, 11) is 0. The van der Waals surface area contributed by atoms with Gasteiger partial charge in [0.25, 0.3) is 0 Å². The maximum Gasteiger partial charge on any atom is 0.198 e. The zero-order valence-electron chi connectivity index (χ0n) is 11.4. The van der Waals surface area contributed by atoms with Gasteiger partial charge in [0.15, 0.2) is 5.78 Å². The van der Waals surface area contributed by atoms with Crippen LogP contribution in [0.4, 0.5) is 0 Å². The first-order valence-corrected chi connectivity index (χ1v) is 6.25. The van der Waals surface area contributed by atoms with E-state index >= 15 is 0 Å². The Morgan fingerprint density at radius 1 is 1.45 bits per heavy atom. The first kappa shape index (κ1) is 14.0. The molecule has 1 aliphatic carbocycles. The summed E-state index contributed by atoms with van der Waals surface area (Å²) in [5, 5.41) is 18.5. The van der Waals surface area contributed by atoms with Gasteiger partial charge in [-0.2, -0.15) is 5.26 Å². The number of nitriles is 1. The molecule has 0 radical (unpaired) electrons. The fourth-order valence-electron chi connectivity index (χ4n) is 2.34. The first-order valence-electron chi connectivity index (χ1n) is 6.25. The van der Waals surface area contributed by atoms with Crippen molar-refractivity contribution in [2.24, 2.45) is 0 Å². The van der Waals surface area contributed by atoms with Crippen molar-refractivity contribution in [3.63, 3.8) is 0 Å². The molecule has 1 aromatic rings. The highest BCUT2D eigenvalue weighted by molar-refractivity contribution is 6.17. The molecule has 0 saturated heterocycles. The monoisotopic (exact) mass is 265 g/mol. The number of aliphatic hydroxyl groups excluding tert-OH is 1. The van der Waals surface area contributed by atoms with Gasteiger partial charge in [0.1, 0.15) is 11.6 Å². The number of benzene rings is 1. The maximum absolute atomic E-state index is 12.1. The van der Waals surface area contributed by atoms with Gasteiger partial charge in [-0.1, -0.05) is 25.3 Å². The van der Waals surface area contributed by atoms with Crippen molar-refractivity contribution in [2.75, 3.05) is 0 Å². The molecule has 0 fully saturated rings. The molecule has 0 spiro atoms. The van der Waals surface area contributed by atoms with Gasteiger partial charge < -0.3 is 5.11 Å². The molecular weight excluding hydrogens is 250 g/mol. The zero-order valence-corrected chi connectivity index (χ0v) is 11.4. The lowest BCUT2D eigenvalue weighted by Gasteiger charge is -2.05. The van der Waals surface area contributed by atoms with Gasteiger partial charge in [-0.25, -0.2) is 0 Å². The maximum atomic E-state index is 12.1. The van der Waals surface area contributed by atoms with Crippen molar-refractivity contribution >= 4 is 16.9 Å². The van der Waals surface area contributed by atoms with Crippen molar-refractivity contribution in [1.82, 2.24) is 0 Å². The van der Waals surface area contributed by atoms with Crippen LogP contribution < -0.4 is 0 Å². The van der Waals surface area contributed by atoms with E-state index in [4.69, 9.17) is 0 Å². The van der Waals surface area contributed by atoms with Crippen molar-refractivity contribution < 1.29 is 9.90 Å². The van der Waals surface area contributed by atoms with Crippen LogP contribution in [0, 0.1) is 11.3 Å². The lowest BCUT2D eigenvalue weighted by molar-refractivity contribution is -0.111. The molecule has 20 heavy (non-hydrogen) atoms.